The van der Waals surface area contributed by atoms with Gasteiger partial charge in [0.1, 0.15) is 11.4 Å². The molecule has 0 unspecified atom stereocenters. The molecule has 1 aromatic carbocycles. The van der Waals surface area contributed by atoms with Gasteiger partial charge in [0.05, 0.1) is 41.0 Å². The predicted octanol–water partition coefficient (Wildman–Crippen LogP) is 3.63. The first-order chi connectivity index (χ1) is 21.7. The van der Waals surface area contributed by atoms with Gasteiger partial charge >= 0.3 is 6.09 Å². The van der Waals surface area contributed by atoms with Gasteiger partial charge in [0, 0.05) is 58.5 Å². The van der Waals surface area contributed by atoms with Crippen molar-refractivity contribution >= 4 is 29.2 Å². The summed E-state index contributed by atoms with van der Waals surface area (Å²) in [6.07, 6.45) is 5.62. The van der Waals surface area contributed by atoms with Crippen LogP contribution in [0, 0.1) is 0 Å². The number of hydrogen-bond donors (Lipinski definition) is 1. The summed E-state index contributed by atoms with van der Waals surface area (Å²) in [5.74, 6) is 2.23. The Kier molecular flexibility index (Phi) is 7.50. The number of piperazine rings is 2. The Morgan fingerprint density at radius 1 is 1.04 bits per heavy atom. The number of carbonyl (C=O) groups excluding carboxylic acids is 1. The van der Waals surface area contributed by atoms with Crippen molar-refractivity contribution in [1.82, 2.24) is 25.1 Å². The Morgan fingerprint density at radius 2 is 1.82 bits per heavy atom. The number of ether oxygens (including phenoxy) is 3. The van der Waals surface area contributed by atoms with Gasteiger partial charge in [-0.2, -0.15) is 0 Å². The summed E-state index contributed by atoms with van der Waals surface area (Å²) in [6, 6.07) is 10.1. The Morgan fingerprint density at radius 3 is 2.58 bits per heavy atom. The fourth-order valence-corrected chi connectivity index (χ4v) is 6.54. The van der Waals surface area contributed by atoms with E-state index in [0.29, 0.717) is 12.3 Å². The molecular weight excluding hydrogens is 574 g/mol. The van der Waals surface area contributed by atoms with Crippen molar-refractivity contribution in [2.24, 2.45) is 0 Å². The smallest absolute Gasteiger partial charge is 0.410 e. The van der Waals surface area contributed by atoms with Crippen LogP contribution in [0.3, 0.4) is 0 Å². The lowest BCUT2D eigenvalue weighted by molar-refractivity contribution is 0.0106. The van der Waals surface area contributed by atoms with Crippen LogP contribution in [-0.2, 0) is 9.47 Å². The first-order valence-electron chi connectivity index (χ1n) is 15.6. The van der Waals surface area contributed by atoms with E-state index in [2.05, 4.69) is 36.3 Å². The van der Waals surface area contributed by atoms with Crippen LogP contribution in [0.4, 0.5) is 27.9 Å². The molecule has 45 heavy (non-hydrogen) atoms. The highest BCUT2D eigenvalue weighted by Crippen LogP contribution is 2.45. The molecule has 7 rings (SSSR count). The van der Waals surface area contributed by atoms with Crippen LogP contribution in [0.15, 0.2) is 42.7 Å². The molecule has 3 aliphatic heterocycles. The lowest BCUT2D eigenvalue weighted by Gasteiger charge is -2.45. The van der Waals surface area contributed by atoms with Crippen molar-refractivity contribution < 1.29 is 19.0 Å². The highest BCUT2D eigenvalue weighted by molar-refractivity contribution is 5.77. The number of methoxy groups -OCH3 is 1. The fourth-order valence-electron chi connectivity index (χ4n) is 6.54. The molecule has 1 spiro atoms. The summed E-state index contributed by atoms with van der Waals surface area (Å²) in [6.45, 7) is 11.2. The zero-order valence-electron chi connectivity index (χ0n) is 26.4. The zero-order valence-corrected chi connectivity index (χ0v) is 26.4. The van der Waals surface area contributed by atoms with Gasteiger partial charge in [-0.3, -0.25) is 4.90 Å². The van der Waals surface area contributed by atoms with Crippen LogP contribution in [-0.4, -0.2) is 108 Å². The minimum absolute atomic E-state index is 0.150. The Hall–Kier alpha value is -4.39. The second-order valence-electron chi connectivity index (χ2n) is 13.2. The minimum atomic E-state index is -0.501. The second kappa shape index (κ2) is 11.5. The third kappa shape index (κ3) is 5.88. The highest BCUT2D eigenvalue weighted by Gasteiger charge is 2.54. The van der Waals surface area contributed by atoms with Crippen molar-refractivity contribution in [3.8, 4) is 17.0 Å². The number of amides is 1. The number of fused-ring (bicyclic) bond motifs is 3. The quantitative estimate of drug-likeness (QED) is 0.408. The van der Waals surface area contributed by atoms with Crippen molar-refractivity contribution in [1.29, 1.82) is 0 Å². The molecule has 0 bridgehead atoms. The maximum Gasteiger partial charge on any atom is 0.410 e. The lowest BCUT2D eigenvalue weighted by Crippen LogP contribution is -2.58. The molecule has 1 atom stereocenters. The number of nitrogens with zero attached hydrogens (tertiary/aromatic N) is 8. The largest absolute Gasteiger partial charge is 0.467 e. The van der Waals surface area contributed by atoms with Crippen molar-refractivity contribution in [2.45, 2.75) is 50.8 Å². The van der Waals surface area contributed by atoms with Crippen molar-refractivity contribution in [2.75, 3.05) is 79.7 Å². The Labute approximate surface area is 263 Å². The molecule has 1 saturated carbocycles. The van der Waals surface area contributed by atoms with Gasteiger partial charge in [0.15, 0.2) is 12.6 Å². The fraction of sp³-hybridized carbons (Fsp3) is 0.531. The van der Waals surface area contributed by atoms with Gasteiger partial charge in [-0.25, -0.2) is 14.8 Å². The van der Waals surface area contributed by atoms with E-state index in [-0.39, 0.29) is 24.5 Å². The molecule has 238 valence electrons. The van der Waals surface area contributed by atoms with E-state index >= 15 is 0 Å². The zero-order chi connectivity index (χ0) is 31.2. The van der Waals surface area contributed by atoms with Crippen LogP contribution < -0.4 is 24.8 Å². The molecule has 2 saturated heterocycles. The maximum atomic E-state index is 12.9. The molecule has 1 aliphatic carbocycles. The van der Waals surface area contributed by atoms with Crippen LogP contribution in [0.25, 0.3) is 11.3 Å². The van der Waals surface area contributed by atoms with Crippen LogP contribution in [0.2, 0.25) is 0 Å². The van der Waals surface area contributed by atoms with E-state index in [4.69, 9.17) is 24.2 Å². The van der Waals surface area contributed by atoms with Crippen molar-refractivity contribution in [3.63, 3.8) is 0 Å². The van der Waals surface area contributed by atoms with E-state index in [9.17, 15) is 4.79 Å². The standard InChI is InChI=1S/C32H41N9O4/c1-31(2,3)45-30(42)41-14-12-39(20-32(41)9-10-32)22-16-34-29(35-17-22)38-11-13-40-23(19-38)18-33-28-26(40)15-25(36-37-28)24-7-5-6-8-27(24)44-21-43-4/h5-8,15-17,23H,9-14,18-21H2,1-4H3,(H,33,37)/t23-/m0/s1. The first kappa shape index (κ1) is 29.3. The van der Waals surface area contributed by atoms with Gasteiger partial charge in [-0.15, -0.1) is 10.2 Å². The number of nitrogens with one attached hydrogen (secondary N) is 1. The van der Waals surface area contributed by atoms with Gasteiger partial charge in [-0.05, 0) is 51.8 Å². The number of rotatable bonds is 6. The lowest BCUT2D eigenvalue weighted by atomic mass is 10.1. The molecule has 0 radical (unpaired) electrons. The normalized spacial score (nSPS) is 20.3. The topological polar surface area (TPSA) is 121 Å². The van der Waals surface area contributed by atoms with E-state index in [0.717, 1.165) is 86.5 Å². The summed E-state index contributed by atoms with van der Waals surface area (Å²) in [4.78, 5) is 31.4. The molecular formula is C32H41N9O4. The number of hydrogen-bond acceptors (Lipinski definition) is 12. The monoisotopic (exact) mass is 615 g/mol. The number of benzene rings is 1. The molecule has 13 heteroatoms. The van der Waals surface area contributed by atoms with Gasteiger partial charge < -0.3 is 34.2 Å². The third-order valence-corrected chi connectivity index (χ3v) is 8.93. The molecule has 3 fully saturated rings. The molecule has 2 aromatic heterocycles. The van der Waals surface area contributed by atoms with Gasteiger partial charge in [-0.1, -0.05) is 12.1 Å². The van der Waals surface area contributed by atoms with E-state index in [1.165, 1.54) is 0 Å². The Balaban J connectivity index is 1.01. The highest BCUT2D eigenvalue weighted by atomic mass is 16.7. The van der Waals surface area contributed by atoms with Crippen LogP contribution in [0.5, 0.6) is 5.75 Å². The van der Waals surface area contributed by atoms with Gasteiger partial charge in [0.2, 0.25) is 5.95 Å². The summed E-state index contributed by atoms with van der Waals surface area (Å²) >= 11 is 0. The summed E-state index contributed by atoms with van der Waals surface area (Å²) in [5.41, 5.74) is 3.00. The number of aromatic nitrogens is 4. The maximum absolute atomic E-state index is 12.9. The summed E-state index contributed by atoms with van der Waals surface area (Å²) in [5, 5.41) is 12.5. The van der Waals surface area contributed by atoms with E-state index in [1.807, 2.05) is 62.3 Å². The first-order valence-corrected chi connectivity index (χ1v) is 15.6. The summed E-state index contributed by atoms with van der Waals surface area (Å²) in [7, 11) is 1.60. The molecule has 1 N–H and O–H groups in total. The number of carbonyl (C=O) groups is 1. The second-order valence-corrected chi connectivity index (χ2v) is 13.2. The number of para-hydroxylation sites is 1. The SMILES string of the molecule is COCOc1ccccc1-c1cc2c(nn1)NC[C@H]1CN(c3ncc(N4CCN(C(=O)OC(C)(C)C)C5(CC5)C4)cn3)CCN21. The van der Waals surface area contributed by atoms with Crippen molar-refractivity contribution in [3.05, 3.63) is 42.7 Å². The minimum Gasteiger partial charge on any atom is -0.467 e. The van der Waals surface area contributed by atoms with E-state index in [1.54, 1.807) is 7.11 Å². The predicted molar refractivity (Wildman–Crippen MR) is 171 cm³/mol. The van der Waals surface area contributed by atoms with E-state index < -0.39 is 5.60 Å². The Bertz CT molecular complexity index is 1540. The third-order valence-electron chi connectivity index (χ3n) is 8.93. The van der Waals surface area contributed by atoms with Crippen LogP contribution in [0.1, 0.15) is 33.6 Å². The van der Waals surface area contributed by atoms with Gasteiger partial charge in [0.25, 0.3) is 0 Å². The average molecular weight is 616 g/mol. The van der Waals surface area contributed by atoms with Crippen LogP contribution >= 0.6 is 0 Å². The number of anilines is 4. The molecule has 1 amide bonds. The molecule has 4 aliphatic rings. The summed E-state index contributed by atoms with van der Waals surface area (Å²) < 4.78 is 16.6. The molecule has 13 nitrogen and oxygen atoms in total. The molecule has 3 aromatic rings. The average Bonchev–Trinajstić information content (AvgIpc) is 3.81. The molecule has 5 heterocycles.